The molecule has 0 aliphatic carbocycles. The number of nitrogens with one attached hydrogen (secondary N) is 1. The second-order valence-electron chi connectivity index (χ2n) is 6.99. The van der Waals surface area contributed by atoms with Crippen LogP contribution in [0.3, 0.4) is 0 Å². The van der Waals surface area contributed by atoms with E-state index in [1.54, 1.807) is 12.1 Å². The van der Waals surface area contributed by atoms with Gasteiger partial charge in [-0.05, 0) is 48.8 Å². The summed E-state index contributed by atoms with van der Waals surface area (Å²) >= 11 is 5.37. The fraction of sp³-hybridized carbons (Fsp3) is 0.316. The number of pyridine rings is 1. The lowest BCUT2D eigenvalue weighted by molar-refractivity contribution is 0.0967. The Morgan fingerprint density at radius 2 is 1.93 bits per heavy atom. The Balaban J connectivity index is 1.48. The zero-order valence-corrected chi connectivity index (χ0v) is 15.1. The second kappa shape index (κ2) is 6.84. The Hall–Kier alpha value is -2.61. The fourth-order valence-electron chi connectivity index (χ4n) is 3.95. The molecule has 3 heterocycles. The Bertz CT molecular complexity index is 991. The molecule has 1 saturated heterocycles. The number of benzene rings is 1. The van der Waals surface area contributed by atoms with Crippen molar-refractivity contribution < 1.29 is 13.6 Å². The lowest BCUT2D eigenvalue weighted by atomic mass is 9.83. The molecule has 1 N–H and O–H groups in total. The van der Waals surface area contributed by atoms with E-state index in [0.29, 0.717) is 19.6 Å². The van der Waals surface area contributed by atoms with E-state index in [1.165, 1.54) is 6.07 Å². The number of amides is 1. The van der Waals surface area contributed by atoms with Gasteiger partial charge in [0.2, 0.25) is 0 Å². The summed E-state index contributed by atoms with van der Waals surface area (Å²) < 4.78 is 28.2. The molecule has 2 atom stereocenters. The van der Waals surface area contributed by atoms with Crippen LogP contribution in [0, 0.1) is 17.6 Å². The quantitative estimate of drug-likeness (QED) is 0.761. The Labute approximate surface area is 159 Å². The summed E-state index contributed by atoms with van der Waals surface area (Å²) in [5.74, 6) is -2.25. The van der Waals surface area contributed by atoms with E-state index < -0.39 is 17.5 Å². The number of fused-ring (bicyclic) bond motifs is 4. The number of nitrogens with zero attached hydrogens (tertiary/aromatic N) is 2. The number of aromatic nitrogens is 1. The van der Waals surface area contributed by atoms with Gasteiger partial charge in [-0.1, -0.05) is 6.07 Å². The summed E-state index contributed by atoms with van der Waals surface area (Å²) in [7, 11) is 0. The average Bonchev–Trinajstić information content (AvgIpc) is 2.64. The topological polar surface area (TPSA) is 54.3 Å². The summed E-state index contributed by atoms with van der Waals surface area (Å²) in [6.07, 6.45) is 0.972. The number of hydrogen-bond donors (Lipinski definition) is 1. The van der Waals surface area contributed by atoms with Gasteiger partial charge in [0.1, 0.15) is 0 Å². The number of thiocarbonyl (C=S) groups is 1. The first-order valence-electron chi connectivity index (χ1n) is 8.67. The van der Waals surface area contributed by atoms with E-state index >= 15 is 0 Å². The molecule has 2 aliphatic heterocycles. The van der Waals surface area contributed by atoms with Crippen LogP contribution in [0.15, 0.2) is 41.2 Å². The van der Waals surface area contributed by atoms with Gasteiger partial charge in [-0.3, -0.25) is 14.9 Å². The predicted molar refractivity (Wildman–Crippen MR) is 99.5 cm³/mol. The monoisotopic (exact) mass is 389 g/mol. The van der Waals surface area contributed by atoms with Crippen molar-refractivity contribution in [2.75, 3.05) is 13.1 Å². The van der Waals surface area contributed by atoms with Gasteiger partial charge in [-0.15, -0.1) is 0 Å². The van der Waals surface area contributed by atoms with Crippen molar-refractivity contribution >= 4 is 23.2 Å². The zero-order valence-electron chi connectivity index (χ0n) is 14.3. The SMILES string of the molecule is O=C(NC(=S)N1C[C@@H]2C[C@H](C1)c1cccc(=O)n1C2)c1ccc(F)c(F)c1. The Kier molecular flexibility index (Phi) is 4.51. The van der Waals surface area contributed by atoms with Gasteiger partial charge in [0.25, 0.3) is 11.5 Å². The molecule has 27 heavy (non-hydrogen) atoms. The first kappa shape index (κ1) is 17.8. The minimum atomic E-state index is -1.08. The molecule has 1 fully saturated rings. The van der Waals surface area contributed by atoms with Crippen molar-refractivity contribution in [1.82, 2.24) is 14.8 Å². The van der Waals surface area contributed by atoms with Crippen LogP contribution >= 0.6 is 12.2 Å². The van der Waals surface area contributed by atoms with E-state index in [9.17, 15) is 18.4 Å². The van der Waals surface area contributed by atoms with Crippen LogP contribution in [-0.4, -0.2) is 33.6 Å². The number of piperidine rings is 1. The molecule has 0 unspecified atom stereocenters. The van der Waals surface area contributed by atoms with Crippen molar-refractivity contribution in [3.05, 3.63) is 69.6 Å². The van der Waals surface area contributed by atoms with Gasteiger partial charge in [-0.25, -0.2) is 8.78 Å². The lowest BCUT2D eigenvalue weighted by Crippen LogP contribution is -2.52. The van der Waals surface area contributed by atoms with Gasteiger partial charge in [0, 0.05) is 42.9 Å². The van der Waals surface area contributed by atoms with Crippen LogP contribution < -0.4 is 10.9 Å². The van der Waals surface area contributed by atoms with E-state index in [0.717, 1.165) is 24.2 Å². The van der Waals surface area contributed by atoms with Gasteiger partial charge < -0.3 is 9.47 Å². The van der Waals surface area contributed by atoms with Crippen molar-refractivity contribution in [3.63, 3.8) is 0 Å². The normalized spacial score (nSPS) is 20.7. The highest BCUT2D eigenvalue weighted by Crippen LogP contribution is 2.34. The zero-order chi connectivity index (χ0) is 19.1. The smallest absolute Gasteiger partial charge is 0.257 e. The second-order valence-corrected chi connectivity index (χ2v) is 7.38. The molecule has 2 bridgehead atoms. The molecular formula is C19H17F2N3O2S. The molecule has 0 spiro atoms. The number of carbonyl (C=O) groups excluding carboxylic acids is 1. The van der Waals surface area contributed by atoms with Crippen LogP contribution in [0.2, 0.25) is 0 Å². The van der Waals surface area contributed by atoms with Crippen molar-refractivity contribution in [2.45, 2.75) is 18.9 Å². The highest BCUT2D eigenvalue weighted by molar-refractivity contribution is 7.80. The summed E-state index contributed by atoms with van der Waals surface area (Å²) in [6.45, 7) is 1.85. The maximum atomic E-state index is 13.3. The number of rotatable bonds is 1. The van der Waals surface area contributed by atoms with Gasteiger partial charge in [0.15, 0.2) is 16.7 Å². The molecule has 4 rings (SSSR count). The fourth-order valence-corrected chi connectivity index (χ4v) is 4.19. The maximum Gasteiger partial charge on any atom is 0.257 e. The average molecular weight is 389 g/mol. The van der Waals surface area contributed by atoms with Gasteiger partial charge in [-0.2, -0.15) is 0 Å². The molecular weight excluding hydrogens is 372 g/mol. The molecule has 140 valence electrons. The third kappa shape index (κ3) is 3.37. The van der Waals surface area contributed by atoms with Crippen LogP contribution in [0.4, 0.5) is 8.78 Å². The summed E-state index contributed by atoms with van der Waals surface area (Å²) in [5.41, 5.74) is 0.994. The third-order valence-electron chi connectivity index (χ3n) is 5.17. The molecule has 0 radical (unpaired) electrons. The van der Waals surface area contributed by atoms with Crippen molar-refractivity contribution in [1.29, 1.82) is 0 Å². The number of carbonyl (C=O) groups is 1. The first-order valence-corrected chi connectivity index (χ1v) is 9.08. The van der Waals surface area contributed by atoms with Crippen molar-refractivity contribution in [3.8, 4) is 0 Å². The predicted octanol–water partition coefficient (Wildman–Crippen LogP) is 2.26. The van der Waals surface area contributed by atoms with E-state index in [-0.39, 0.29) is 28.1 Å². The molecule has 8 heteroatoms. The van der Waals surface area contributed by atoms with Gasteiger partial charge in [0.05, 0.1) is 0 Å². The summed E-state index contributed by atoms with van der Waals surface area (Å²) in [5, 5.41) is 2.85. The van der Waals surface area contributed by atoms with E-state index in [1.807, 2.05) is 15.5 Å². The molecule has 1 amide bonds. The van der Waals surface area contributed by atoms with Crippen LogP contribution in [0.5, 0.6) is 0 Å². The molecule has 5 nitrogen and oxygen atoms in total. The first-order chi connectivity index (χ1) is 12.9. The molecule has 2 aromatic rings. The van der Waals surface area contributed by atoms with Crippen molar-refractivity contribution in [2.24, 2.45) is 5.92 Å². The van der Waals surface area contributed by atoms with E-state index in [2.05, 4.69) is 5.32 Å². The highest BCUT2D eigenvalue weighted by atomic mass is 32.1. The molecule has 2 aliphatic rings. The molecule has 1 aromatic carbocycles. The van der Waals surface area contributed by atoms with Crippen LogP contribution in [0.25, 0.3) is 0 Å². The van der Waals surface area contributed by atoms with Gasteiger partial charge >= 0.3 is 0 Å². The maximum absolute atomic E-state index is 13.3. The minimum Gasteiger partial charge on any atom is -0.348 e. The summed E-state index contributed by atoms with van der Waals surface area (Å²) in [4.78, 5) is 26.3. The molecule has 1 aromatic heterocycles. The summed E-state index contributed by atoms with van der Waals surface area (Å²) in [6, 6.07) is 8.25. The van der Waals surface area contributed by atoms with Crippen LogP contribution in [0.1, 0.15) is 28.4 Å². The third-order valence-corrected chi connectivity index (χ3v) is 5.53. The Morgan fingerprint density at radius 1 is 1.11 bits per heavy atom. The standard InChI is InChI=1S/C19H17F2N3O2S/c20-14-5-4-12(7-15(14)21)18(26)22-19(27)23-8-11-6-13(10-23)16-2-1-3-17(25)24(16)9-11/h1-5,7,11,13H,6,8-10H2,(H,22,26,27)/t11-,13+/m0/s1. The van der Waals surface area contributed by atoms with E-state index in [4.69, 9.17) is 12.2 Å². The van der Waals surface area contributed by atoms with Crippen LogP contribution in [-0.2, 0) is 6.54 Å². The number of hydrogen-bond acceptors (Lipinski definition) is 3. The molecule has 0 saturated carbocycles. The number of likely N-dealkylation sites (tertiary alicyclic amines) is 1. The highest BCUT2D eigenvalue weighted by Gasteiger charge is 2.35. The lowest BCUT2D eigenvalue weighted by Gasteiger charge is -2.43. The number of halogens is 2. The largest absolute Gasteiger partial charge is 0.348 e. The minimum absolute atomic E-state index is 0.00451. The Morgan fingerprint density at radius 3 is 2.70 bits per heavy atom.